The fourth-order valence-corrected chi connectivity index (χ4v) is 2.96. The molecule has 1 aromatic carbocycles. The summed E-state index contributed by atoms with van der Waals surface area (Å²) in [6.45, 7) is 6.16. The van der Waals surface area contributed by atoms with Crippen LogP contribution in [0.4, 0.5) is 5.13 Å². The Hall–Kier alpha value is -1.11. The van der Waals surface area contributed by atoms with E-state index in [0.29, 0.717) is 0 Å². The van der Waals surface area contributed by atoms with Gasteiger partial charge in [0.05, 0.1) is 21.9 Å². The lowest BCUT2D eigenvalue weighted by Crippen LogP contribution is -2.34. The van der Waals surface area contributed by atoms with Crippen LogP contribution in [0.3, 0.4) is 0 Å². The molecule has 0 saturated carbocycles. The van der Waals surface area contributed by atoms with Gasteiger partial charge in [-0.3, -0.25) is 0 Å². The van der Waals surface area contributed by atoms with Crippen molar-refractivity contribution in [2.75, 3.05) is 12.4 Å². The van der Waals surface area contributed by atoms with Crippen LogP contribution in [0.5, 0.6) is 0 Å². The second-order valence-electron chi connectivity index (χ2n) is 5.33. The molecular formula is C13H17BN2O2S. The van der Waals surface area contributed by atoms with E-state index in [1.165, 1.54) is 0 Å². The highest BCUT2D eigenvalue weighted by molar-refractivity contribution is 7.22. The summed E-state index contributed by atoms with van der Waals surface area (Å²) in [5.74, 6) is 0. The van der Waals surface area contributed by atoms with Gasteiger partial charge < -0.3 is 14.6 Å². The first-order valence-electron chi connectivity index (χ1n) is 6.41. The SMILES string of the molecule is CNc1nc2ccc(B3OC(C)C(C)(C)O3)cc2s1. The summed E-state index contributed by atoms with van der Waals surface area (Å²) in [6, 6.07) is 6.15. The minimum Gasteiger partial charge on any atom is -0.402 e. The lowest BCUT2D eigenvalue weighted by molar-refractivity contribution is 0.0842. The molecule has 19 heavy (non-hydrogen) atoms. The number of rotatable bonds is 2. The van der Waals surface area contributed by atoms with Crippen molar-refractivity contribution in [1.29, 1.82) is 0 Å². The molecule has 0 amide bonds. The van der Waals surface area contributed by atoms with E-state index in [-0.39, 0.29) is 18.8 Å². The Labute approximate surface area is 117 Å². The number of fused-ring (bicyclic) bond motifs is 1. The first kappa shape index (κ1) is 12.9. The van der Waals surface area contributed by atoms with Crippen LogP contribution >= 0.6 is 11.3 Å². The lowest BCUT2D eigenvalue weighted by atomic mass is 9.79. The number of anilines is 1. The predicted molar refractivity (Wildman–Crippen MR) is 80.3 cm³/mol. The molecule has 4 nitrogen and oxygen atoms in total. The van der Waals surface area contributed by atoms with E-state index < -0.39 is 0 Å². The Bertz CT molecular complexity index is 614. The van der Waals surface area contributed by atoms with E-state index in [4.69, 9.17) is 9.31 Å². The van der Waals surface area contributed by atoms with E-state index >= 15 is 0 Å². The number of nitrogens with one attached hydrogen (secondary N) is 1. The molecule has 2 aromatic rings. The first-order chi connectivity index (χ1) is 8.99. The van der Waals surface area contributed by atoms with E-state index in [1.54, 1.807) is 11.3 Å². The molecule has 3 rings (SSSR count). The molecule has 0 bridgehead atoms. The zero-order chi connectivity index (χ0) is 13.6. The predicted octanol–water partition coefficient (Wildman–Crippen LogP) is 2.25. The molecule has 1 saturated heterocycles. The number of hydrogen-bond acceptors (Lipinski definition) is 5. The molecule has 0 spiro atoms. The van der Waals surface area contributed by atoms with Crippen LogP contribution < -0.4 is 10.8 Å². The van der Waals surface area contributed by atoms with Crippen LogP contribution in [0.2, 0.25) is 0 Å². The van der Waals surface area contributed by atoms with Crippen molar-refractivity contribution >= 4 is 39.3 Å². The van der Waals surface area contributed by atoms with Gasteiger partial charge in [0.25, 0.3) is 0 Å². The largest absolute Gasteiger partial charge is 0.494 e. The summed E-state index contributed by atoms with van der Waals surface area (Å²) >= 11 is 1.64. The number of aromatic nitrogens is 1. The first-order valence-corrected chi connectivity index (χ1v) is 7.23. The summed E-state index contributed by atoms with van der Waals surface area (Å²) in [7, 11) is 1.60. The maximum absolute atomic E-state index is 5.98. The fourth-order valence-electron chi connectivity index (χ4n) is 2.09. The molecule has 2 heterocycles. The second kappa shape index (κ2) is 4.47. The Morgan fingerprint density at radius 2 is 2.21 bits per heavy atom. The summed E-state index contributed by atoms with van der Waals surface area (Å²) in [5, 5.41) is 4.00. The maximum atomic E-state index is 5.98. The van der Waals surface area contributed by atoms with Crippen LogP contribution in [-0.2, 0) is 9.31 Å². The average Bonchev–Trinajstić information content (AvgIpc) is 2.89. The minimum atomic E-state index is -0.283. The van der Waals surface area contributed by atoms with E-state index in [2.05, 4.69) is 30.2 Å². The molecule has 1 aliphatic heterocycles. The number of benzene rings is 1. The Balaban J connectivity index is 1.93. The van der Waals surface area contributed by atoms with Crippen LogP contribution in [0.25, 0.3) is 10.2 Å². The second-order valence-corrected chi connectivity index (χ2v) is 6.36. The molecule has 1 atom stereocenters. The van der Waals surface area contributed by atoms with Crippen molar-refractivity contribution in [3.05, 3.63) is 18.2 Å². The van der Waals surface area contributed by atoms with Crippen LogP contribution in [0.15, 0.2) is 18.2 Å². The van der Waals surface area contributed by atoms with Gasteiger partial charge in [0.15, 0.2) is 5.13 Å². The summed E-state index contributed by atoms with van der Waals surface area (Å²) in [6.07, 6.45) is 0.0857. The highest BCUT2D eigenvalue weighted by Crippen LogP contribution is 2.28. The third-order valence-electron chi connectivity index (χ3n) is 3.62. The molecule has 0 aliphatic carbocycles. The van der Waals surface area contributed by atoms with Crippen LogP contribution in [0.1, 0.15) is 20.8 Å². The molecular weight excluding hydrogens is 259 g/mol. The highest BCUT2D eigenvalue weighted by Gasteiger charge is 2.43. The van der Waals surface area contributed by atoms with Gasteiger partial charge in [0, 0.05) is 7.05 Å². The minimum absolute atomic E-state index is 0.0857. The van der Waals surface area contributed by atoms with Gasteiger partial charge in [-0.15, -0.1) is 0 Å². The van der Waals surface area contributed by atoms with Crippen molar-refractivity contribution in [1.82, 2.24) is 4.98 Å². The fraction of sp³-hybridized carbons (Fsp3) is 0.462. The van der Waals surface area contributed by atoms with Crippen LogP contribution in [0, 0.1) is 0 Å². The van der Waals surface area contributed by atoms with Gasteiger partial charge in [-0.25, -0.2) is 4.98 Å². The van der Waals surface area contributed by atoms with Gasteiger partial charge in [0.2, 0.25) is 0 Å². The van der Waals surface area contributed by atoms with Crippen molar-refractivity contribution in [2.24, 2.45) is 0 Å². The monoisotopic (exact) mass is 276 g/mol. The van der Waals surface area contributed by atoms with E-state index in [1.807, 2.05) is 26.1 Å². The molecule has 1 fully saturated rings. The standard InChI is InChI=1S/C13H17BN2O2S/c1-8-13(2,3)18-14(17-8)9-5-6-10-11(7-9)19-12(15-4)16-10/h5-8H,1-4H3,(H,15,16). The number of nitrogens with zero attached hydrogens (tertiary/aromatic N) is 1. The van der Waals surface area contributed by atoms with Gasteiger partial charge in [-0.1, -0.05) is 17.4 Å². The van der Waals surface area contributed by atoms with Crippen LogP contribution in [-0.4, -0.2) is 30.9 Å². The number of thiazole rings is 1. The zero-order valence-corrected chi connectivity index (χ0v) is 12.4. The summed E-state index contributed by atoms with van der Waals surface area (Å²) in [4.78, 5) is 4.47. The van der Waals surface area contributed by atoms with E-state index in [9.17, 15) is 0 Å². The van der Waals surface area contributed by atoms with Gasteiger partial charge in [-0.2, -0.15) is 0 Å². The van der Waals surface area contributed by atoms with Gasteiger partial charge in [-0.05, 0) is 38.4 Å². The molecule has 100 valence electrons. The Kier molecular flexibility index (Phi) is 3.04. The third kappa shape index (κ3) is 2.24. The molecule has 0 radical (unpaired) electrons. The van der Waals surface area contributed by atoms with Crippen molar-refractivity contribution < 1.29 is 9.31 Å². The molecule has 1 aliphatic rings. The van der Waals surface area contributed by atoms with Gasteiger partial charge >= 0.3 is 7.12 Å². The average molecular weight is 276 g/mol. The van der Waals surface area contributed by atoms with Crippen molar-refractivity contribution in [3.8, 4) is 0 Å². The Morgan fingerprint density at radius 3 is 2.84 bits per heavy atom. The highest BCUT2D eigenvalue weighted by atomic mass is 32.1. The quantitative estimate of drug-likeness (QED) is 0.854. The normalized spacial score (nSPS) is 22.1. The van der Waals surface area contributed by atoms with Crippen molar-refractivity contribution in [3.63, 3.8) is 0 Å². The van der Waals surface area contributed by atoms with Crippen molar-refractivity contribution in [2.45, 2.75) is 32.5 Å². The number of hydrogen-bond donors (Lipinski definition) is 1. The molecule has 1 unspecified atom stereocenters. The van der Waals surface area contributed by atoms with Gasteiger partial charge in [0.1, 0.15) is 0 Å². The maximum Gasteiger partial charge on any atom is 0.494 e. The smallest absolute Gasteiger partial charge is 0.402 e. The zero-order valence-electron chi connectivity index (χ0n) is 11.6. The topological polar surface area (TPSA) is 43.4 Å². The molecule has 1 N–H and O–H groups in total. The lowest BCUT2D eigenvalue weighted by Gasteiger charge is -2.21. The Morgan fingerprint density at radius 1 is 1.42 bits per heavy atom. The third-order valence-corrected chi connectivity index (χ3v) is 4.65. The summed E-state index contributed by atoms with van der Waals surface area (Å²) in [5.41, 5.74) is 1.81. The molecule has 6 heteroatoms. The van der Waals surface area contributed by atoms with E-state index in [0.717, 1.165) is 20.8 Å². The summed E-state index contributed by atoms with van der Waals surface area (Å²) < 4.78 is 13.0. The molecule has 1 aromatic heterocycles.